The molecule has 29 heavy (non-hydrogen) atoms. The van der Waals surface area contributed by atoms with Crippen molar-refractivity contribution < 1.29 is 9.18 Å². The zero-order chi connectivity index (χ0) is 20.2. The fourth-order valence-corrected chi connectivity index (χ4v) is 3.04. The quantitative estimate of drug-likeness (QED) is 0.549. The fourth-order valence-electron chi connectivity index (χ4n) is 3.04. The normalized spacial score (nSPS) is 10.8. The van der Waals surface area contributed by atoms with Crippen LogP contribution in [0, 0.1) is 12.7 Å². The van der Waals surface area contributed by atoms with Crippen LogP contribution in [0.4, 0.5) is 4.39 Å². The Balaban J connectivity index is 1.41. The predicted molar refractivity (Wildman–Crippen MR) is 105 cm³/mol. The van der Waals surface area contributed by atoms with Crippen LogP contribution in [0.1, 0.15) is 27.2 Å². The molecular formula is C21H19FN6O. The van der Waals surface area contributed by atoms with Gasteiger partial charge in [0.25, 0.3) is 5.91 Å². The molecule has 0 aliphatic heterocycles. The molecule has 2 aromatic carbocycles. The maximum Gasteiger partial charge on any atom is 0.255 e. The molecule has 0 bridgehead atoms. The van der Waals surface area contributed by atoms with Gasteiger partial charge in [0.2, 0.25) is 0 Å². The van der Waals surface area contributed by atoms with Crippen molar-refractivity contribution in [3.05, 3.63) is 95.6 Å². The largest absolute Gasteiger partial charge is 0.348 e. The summed E-state index contributed by atoms with van der Waals surface area (Å²) in [5.74, 6) is -0.645. The van der Waals surface area contributed by atoms with E-state index in [1.54, 1.807) is 36.1 Å². The van der Waals surface area contributed by atoms with Crippen molar-refractivity contribution in [3.8, 4) is 5.69 Å². The first-order valence-electron chi connectivity index (χ1n) is 9.10. The van der Waals surface area contributed by atoms with Gasteiger partial charge >= 0.3 is 0 Å². The second-order valence-electron chi connectivity index (χ2n) is 6.60. The van der Waals surface area contributed by atoms with E-state index in [1.165, 1.54) is 23.3 Å². The summed E-state index contributed by atoms with van der Waals surface area (Å²) in [6.07, 6.45) is 4.62. The number of nitrogens with zero attached hydrogens (tertiary/aromatic N) is 5. The minimum atomic E-state index is -0.392. The van der Waals surface area contributed by atoms with Crippen molar-refractivity contribution in [3.63, 3.8) is 0 Å². The summed E-state index contributed by atoms with van der Waals surface area (Å²) >= 11 is 0. The van der Waals surface area contributed by atoms with Crippen molar-refractivity contribution in [2.45, 2.75) is 20.0 Å². The zero-order valence-electron chi connectivity index (χ0n) is 15.8. The Morgan fingerprint density at radius 2 is 1.83 bits per heavy atom. The smallest absolute Gasteiger partial charge is 0.255 e. The molecule has 1 amide bonds. The van der Waals surface area contributed by atoms with Gasteiger partial charge in [0.05, 0.1) is 24.0 Å². The van der Waals surface area contributed by atoms with E-state index in [0.29, 0.717) is 30.0 Å². The average molecular weight is 390 g/mol. The van der Waals surface area contributed by atoms with Crippen LogP contribution in [0.2, 0.25) is 0 Å². The summed E-state index contributed by atoms with van der Waals surface area (Å²) in [4.78, 5) is 16.5. The third kappa shape index (κ3) is 4.06. The lowest BCUT2D eigenvalue weighted by Crippen LogP contribution is -2.23. The van der Waals surface area contributed by atoms with Gasteiger partial charge in [-0.1, -0.05) is 36.4 Å². The Hall–Kier alpha value is -3.81. The van der Waals surface area contributed by atoms with E-state index in [-0.39, 0.29) is 5.91 Å². The Bertz CT molecular complexity index is 1120. The van der Waals surface area contributed by atoms with E-state index in [4.69, 9.17) is 0 Å². The molecule has 0 radical (unpaired) electrons. The zero-order valence-corrected chi connectivity index (χ0v) is 15.8. The van der Waals surface area contributed by atoms with Crippen molar-refractivity contribution in [2.75, 3.05) is 0 Å². The van der Waals surface area contributed by atoms with Crippen molar-refractivity contribution in [2.24, 2.45) is 0 Å². The fraction of sp³-hybridized carbons (Fsp3) is 0.143. The molecule has 1 N–H and O–H groups in total. The van der Waals surface area contributed by atoms with Gasteiger partial charge in [0.1, 0.15) is 24.2 Å². The number of rotatable bonds is 6. The minimum absolute atomic E-state index is 0.253. The molecular weight excluding hydrogens is 371 g/mol. The van der Waals surface area contributed by atoms with Crippen LogP contribution >= 0.6 is 0 Å². The van der Waals surface area contributed by atoms with Gasteiger partial charge < -0.3 is 5.32 Å². The number of hydrogen-bond donors (Lipinski definition) is 1. The number of halogens is 1. The van der Waals surface area contributed by atoms with E-state index in [9.17, 15) is 9.18 Å². The third-order valence-electron chi connectivity index (χ3n) is 4.62. The highest BCUT2D eigenvalue weighted by atomic mass is 19.1. The number of hydrogen-bond acceptors (Lipinski definition) is 4. The van der Waals surface area contributed by atoms with Gasteiger partial charge in [-0.05, 0) is 30.2 Å². The summed E-state index contributed by atoms with van der Waals surface area (Å²) < 4.78 is 17.2. The van der Waals surface area contributed by atoms with Crippen LogP contribution in [-0.2, 0) is 13.1 Å². The number of carbonyl (C=O) groups is 1. The van der Waals surface area contributed by atoms with Crippen molar-refractivity contribution in [1.82, 2.24) is 29.9 Å². The predicted octanol–water partition coefficient (Wildman–Crippen LogP) is 2.89. The van der Waals surface area contributed by atoms with E-state index < -0.39 is 5.82 Å². The number of benzene rings is 2. The Labute approximate surface area is 166 Å². The lowest BCUT2D eigenvalue weighted by Gasteiger charge is -2.08. The summed E-state index contributed by atoms with van der Waals surface area (Å²) in [6.45, 7) is 2.76. The van der Waals surface area contributed by atoms with Crippen molar-refractivity contribution >= 4 is 5.91 Å². The molecule has 0 unspecified atom stereocenters. The molecule has 2 heterocycles. The minimum Gasteiger partial charge on any atom is -0.348 e. The van der Waals surface area contributed by atoms with Crippen LogP contribution < -0.4 is 5.32 Å². The molecule has 2 aromatic heterocycles. The maximum absolute atomic E-state index is 14.0. The standard InChI is InChI=1S/C21H19FN6O/c1-15-18(11-25-28(15)20-5-3-2-4-19(20)22)21(29)24-10-16-6-8-17(9-7-16)12-27-14-23-13-26-27/h2-9,11,13-14H,10,12H2,1H3,(H,24,29). The van der Waals surface area contributed by atoms with Crippen LogP contribution in [0.5, 0.6) is 0 Å². The SMILES string of the molecule is Cc1c(C(=O)NCc2ccc(Cn3cncn3)cc2)cnn1-c1ccccc1F. The maximum atomic E-state index is 14.0. The van der Waals surface area contributed by atoms with Gasteiger partial charge in [-0.3, -0.25) is 4.79 Å². The van der Waals surface area contributed by atoms with E-state index in [2.05, 4.69) is 20.5 Å². The second kappa shape index (κ2) is 8.05. The van der Waals surface area contributed by atoms with E-state index in [1.807, 2.05) is 24.3 Å². The topological polar surface area (TPSA) is 77.6 Å². The number of aromatic nitrogens is 5. The van der Waals surface area contributed by atoms with Gasteiger partial charge in [-0.15, -0.1) is 0 Å². The van der Waals surface area contributed by atoms with Gasteiger partial charge in [-0.2, -0.15) is 10.2 Å². The van der Waals surface area contributed by atoms with Crippen LogP contribution in [0.25, 0.3) is 5.69 Å². The monoisotopic (exact) mass is 390 g/mol. The van der Waals surface area contributed by atoms with Crippen LogP contribution in [0.15, 0.2) is 67.4 Å². The van der Waals surface area contributed by atoms with E-state index in [0.717, 1.165) is 11.1 Å². The molecule has 8 heteroatoms. The third-order valence-corrected chi connectivity index (χ3v) is 4.62. The molecule has 0 fully saturated rings. The number of carbonyl (C=O) groups excluding carboxylic acids is 1. The van der Waals surface area contributed by atoms with Crippen LogP contribution in [-0.4, -0.2) is 30.5 Å². The summed E-state index contributed by atoms with van der Waals surface area (Å²) in [5, 5.41) is 11.1. The molecule has 0 spiro atoms. The Morgan fingerprint density at radius 3 is 2.55 bits per heavy atom. The first-order valence-corrected chi connectivity index (χ1v) is 9.10. The molecule has 0 aliphatic carbocycles. The van der Waals surface area contributed by atoms with Crippen LogP contribution in [0.3, 0.4) is 0 Å². The number of amides is 1. The molecule has 0 atom stereocenters. The highest BCUT2D eigenvalue weighted by Gasteiger charge is 2.16. The summed E-state index contributed by atoms with van der Waals surface area (Å²) in [5.41, 5.74) is 3.37. The average Bonchev–Trinajstić information content (AvgIpc) is 3.37. The molecule has 0 saturated carbocycles. The second-order valence-corrected chi connectivity index (χ2v) is 6.60. The molecule has 0 saturated heterocycles. The first-order chi connectivity index (χ1) is 14.1. The van der Waals surface area contributed by atoms with Crippen molar-refractivity contribution in [1.29, 1.82) is 0 Å². The van der Waals surface area contributed by atoms with Gasteiger partial charge in [-0.25, -0.2) is 18.7 Å². The Kier molecular flexibility index (Phi) is 5.15. The molecule has 4 aromatic rings. The highest BCUT2D eigenvalue weighted by Crippen LogP contribution is 2.17. The molecule has 0 aliphatic rings. The molecule has 146 valence electrons. The lowest BCUT2D eigenvalue weighted by atomic mass is 10.1. The summed E-state index contributed by atoms with van der Waals surface area (Å²) in [6, 6.07) is 14.2. The highest BCUT2D eigenvalue weighted by molar-refractivity contribution is 5.95. The first kappa shape index (κ1) is 18.5. The molecule has 7 nitrogen and oxygen atoms in total. The molecule has 4 rings (SSSR count). The Morgan fingerprint density at radius 1 is 1.07 bits per heavy atom. The number of nitrogens with one attached hydrogen (secondary N) is 1. The van der Waals surface area contributed by atoms with E-state index >= 15 is 0 Å². The number of para-hydroxylation sites is 1. The lowest BCUT2D eigenvalue weighted by molar-refractivity contribution is 0.0950. The summed E-state index contributed by atoms with van der Waals surface area (Å²) in [7, 11) is 0. The van der Waals surface area contributed by atoms with Gasteiger partial charge in [0.15, 0.2) is 0 Å². The van der Waals surface area contributed by atoms with Gasteiger partial charge in [0, 0.05) is 6.54 Å².